The minimum Gasteiger partial charge on any atom is -0.376 e. The van der Waals surface area contributed by atoms with Crippen LogP contribution >= 0.6 is 15.9 Å². The van der Waals surface area contributed by atoms with Gasteiger partial charge < -0.3 is 4.74 Å². The summed E-state index contributed by atoms with van der Waals surface area (Å²) in [5.74, 6) is 0. The van der Waals surface area contributed by atoms with Crippen LogP contribution in [-0.2, 0) is 4.74 Å². The summed E-state index contributed by atoms with van der Waals surface area (Å²) in [7, 11) is -1.55. The highest BCUT2D eigenvalue weighted by atomic mass is 79.9. The third kappa shape index (κ3) is 5.55. The van der Waals surface area contributed by atoms with Crippen molar-refractivity contribution in [3.63, 3.8) is 0 Å². The molecule has 0 fully saturated rings. The van der Waals surface area contributed by atoms with Crippen molar-refractivity contribution in [1.82, 2.24) is 0 Å². The van der Waals surface area contributed by atoms with Gasteiger partial charge in [-0.2, -0.15) is 0 Å². The number of hydrogen-bond donors (Lipinski definition) is 0. The van der Waals surface area contributed by atoms with Gasteiger partial charge in [0, 0.05) is 5.33 Å². The molecule has 0 heterocycles. The quantitative estimate of drug-likeness (QED) is 0.409. The fraction of sp³-hybridized carbons (Fsp3) is 0.529. The van der Waals surface area contributed by atoms with Crippen LogP contribution in [0.2, 0.25) is 13.1 Å². The van der Waals surface area contributed by atoms with Crippen LogP contribution in [0.5, 0.6) is 0 Å². The molecule has 0 aliphatic heterocycles. The van der Waals surface area contributed by atoms with Crippen LogP contribution in [0.4, 0.5) is 0 Å². The van der Waals surface area contributed by atoms with E-state index in [1.807, 2.05) is 0 Å². The summed E-state index contributed by atoms with van der Waals surface area (Å²) in [5.41, 5.74) is -0.0468. The van der Waals surface area contributed by atoms with E-state index < -0.39 is 8.07 Å². The Balaban J connectivity index is 2.74. The molecule has 1 rings (SSSR count). The van der Waals surface area contributed by atoms with Gasteiger partial charge in [-0.25, -0.2) is 0 Å². The highest BCUT2D eigenvalue weighted by Gasteiger charge is 2.27. The third-order valence-corrected chi connectivity index (χ3v) is 8.37. The van der Waals surface area contributed by atoms with E-state index in [2.05, 4.69) is 86.2 Å². The van der Waals surface area contributed by atoms with E-state index in [-0.39, 0.29) is 5.60 Å². The first-order valence-corrected chi connectivity index (χ1v) is 11.3. The van der Waals surface area contributed by atoms with Crippen molar-refractivity contribution in [1.29, 1.82) is 0 Å². The van der Waals surface area contributed by atoms with Gasteiger partial charge in [0.1, 0.15) is 8.07 Å². The lowest BCUT2D eigenvalue weighted by molar-refractivity contribution is -0.000134. The standard InChI is InChI=1S/C17H27BrOSi/c1-17(2,3)19-13-9-12-16(14-18)20(4,5)15-10-7-6-8-11-15/h6-8,10-12H,9,13-14H2,1-5H3/b16-12-. The summed E-state index contributed by atoms with van der Waals surface area (Å²) < 4.78 is 5.80. The molecular weight excluding hydrogens is 328 g/mol. The normalized spacial score (nSPS) is 13.6. The Morgan fingerprint density at radius 1 is 1.20 bits per heavy atom. The number of benzene rings is 1. The Labute approximate surface area is 133 Å². The summed E-state index contributed by atoms with van der Waals surface area (Å²) in [6.07, 6.45) is 3.36. The minimum absolute atomic E-state index is 0.0468. The zero-order chi connectivity index (χ0) is 15.2. The third-order valence-electron chi connectivity index (χ3n) is 3.49. The monoisotopic (exact) mass is 354 g/mol. The zero-order valence-corrected chi connectivity index (χ0v) is 16.0. The van der Waals surface area contributed by atoms with Gasteiger partial charge in [0.05, 0.1) is 12.2 Å². The Bertz CT molecular complexity index is 432. The summed E-state index contributed by atoms with van der Waals surface area (Å²) in [6, 6.07) is 10.9. The maximum absolute atomic E-state index is 5.80. The van der Waals surface area contributed by atoms with Crippen LogP contribution in [0.15, 0.2) is 41.6 Å². The summed E-state index contributed by atoms with van der Waals surface area (Å²) in [5, 5.41) is 3.99. The molecule has 1 aromatic rings. The zero-order valence-electron chi connectivity index (χ0n) is 13.4. The largest absolute Gasteiger partial charge is 0.376 e. The number of alkyl halides is 1. The molecule has 0 bridgehead atoms. The molecular formula is C17H27BrOSi. The van der Waals surface area contributed by atoms with Crippen molar-refractivity contribution in [3.05, 3.63) is 41.6 Å². The van der Waals surface area contributed by atoms with Crippen molar-refractivity contribution in [2.24, 2.45) is 0 Å². The van der Waals surface area contributed by atoms with Crippen LogP contribution in [0.25, 0.3) is 0 Å². The van der Waals surface area contributed by atoms with Gasteiger partial charge in [-0.05, 0) is 27.2 Å². The summed E-state index contributed by atoms with van der Waals surface area (Å²) >= 11 is 3.67. The van der Waals surface area contributed by atoms with Crippen LogP contribution in [0, 0.1) is 0 Å². The molecule has 0 radical (unpaired) electrons. The number of rotatable bonds is 6. The molecule has 0 aliphatic rings. The van der Waals surface area contributed by atoms with E-state index in [4.69, 9.17) is 4.74 Å². The van der Waals surface area contributed by atoms with E-state index in [1.165, 1.54) is 5.19 Å². The number of hydrogen-bond acceptors (Lipinski definition) is 1. The van der Waals surface area contributed by atoms with Crippen molar-refractivity contribution in [2.45, 2.75) is 45.9 Å². The lowest BCUT2D eigenvalue weighted by Gasteiger charge is -2.26. The van der Waals surface area contributed by atoms with Crippen molar-refractivity contribution < 1.29 is 4.74 Å². The van der Waals surface area contributed by atoms with Gasteiger partial charge in [-0.15, -0.1) is 0 Å². The summed E-state index contributed by atoms with van der Waals surface area (Å²) in [6.45, 7) is 11.9. The fourth-order valence-corrected chi connectivity index (χ4v) is 6.83. The SMILES string of the molecule is CC(C)(C)OCC/C=C(/CBr)[Si](C)(C)c1ccccc1. The molecule has 1 aromatic carbocycles. The average Bonchev–Trinajstić information content (AvgIpc) is 2.38. The molecule has 20 heavy (non-hydrogen) atoms. The van der Waals surface area contributed by atoms with Crippen molar-refractivity contribution in [2.75, 3.05) is 11.9 Å². The molecule has 3 heteroatoms. The van der Waals surface area contributed by atoms with Crippen LogP contribution < -0.4 is 5.19 Å². The predicted octanol–water partition coefficient (Wildman–Crippen LogP) is 4.67. The van der Waals surface area contributed by atoms with Crippen LogP contribution in [0.1, 0.15) is 27.2 Å². The Hall–Kier alpha value is -0.383. The van der Waals surface area contributed by atoms with Crippen molar-refractivity contribution in [3.8, 4) is 0 Å². The van der Waals surface area contributed by atoms with E-state index in [9.17, 15) is 0 Å². The van der Waals surface area contributed by atoms with Gasteiger partial charge in [-0.3, -0.25) is 0 Å². The molecule has 0 atom stereocenters. The predicted molar refractivity (Wildman–Crippen MR) is 95.8 cm³/mol. The highest BCUT2D eigenvalue weighted by molar-refractivity contribution is 9.09. The molecule has 0 N–H and O–H groups in total. The van der Waals surface area contributed by atoms with Crippen LogP contribution in [0.3, 0.4) is 0 Å². The van der Waals surface area contributed by atoms with Crippen LogP contribution in [-0.4, -0.2) is 25.6 Å². The number of ether oxygens (including phenoxy) is 1. The molecule has 0 amide bonds. The molecule has 0 aliphatic carbocycles. The second kappa shape index (κ2) is 7.58. The molecule has 0 unspecified atom stereocenters. The lowest BCUT2D eigenvalue weighted by atomic mass is 10.2. The minimum atomic E-state index is -1.55. The number of halogens is 1. The summed E-state index contributed by atoms with van der Waals surface area (Å²) in [4.78, 5) is 0. The highest BCUT2D eigenvalue weighted by Crippen LogP contribution is 2.18. The Kier molecular flexibility index (Phi) is 6.69. The molecule has 0 aromatic heterocycles. The Morgan fingerprint density at radius 2 is 1.80 bits per heavy atom. The molecule has 0 saturated carbocycles. The molecule has 0 spiro atoms. The fourth-order valence-electron chi connectivity index (χ4n) is 2.12. The first kappa shape index (κ1) is 17.7. The van der Waals surface area contributed by atoms with E-state index in [0.717, 1.165) is 18.4 Å². The smallest absolute Gasteiger partial charge is 0.108 e. The topological polar surface area (TPSA) is 9.23 Å². The second-order valence-electron chi connectivity index (χ2n) is 6.60. The van der Waals surface area contributed by atoms with E-state index in [1.54, 1.807) is 5.20 Å². The van der Waals surface area contributed by atoms with E-state index in [0.29, 0.717) is 0 Å². The Morgan fingerprint density at radius 3 is 2.30 bits per heavy atom. The van der Waals surface area contributed by atoms with E-state index >= 15 is 0 Å². The molecule has 0 saturated heterocycles. The maximum atomic E-state index is 5.80. The van der Waals surface area contributed by atoms with Gasteiger partial charge in [-0.1, -0.05) is 75.8 Å². The maximum Gasteiger partial charge on any atom is 0.108 e. The van der Waals surface area contributed by atoms with Gasteiger partial charge in [0.15, 0.2) is 0 Å². The molecule has 112 valence electrons. The molecule has 1 nitrogen and oxygen atoms in total. The lowest BCUT2D eigenvalue weighted by Crippen LogP contribution is -2.44. The van der Waals surface area contributed by atoms with Crippen molar-refractivity contribution >= 4 is 29.2 Å². The van der Waals surface area contributed by atoms with Gasteiger partial charge in [0.2, 0.25) is 0 Å². The average molecular weight is 355 g/mol. The first-order chi connectivity index (χ1) is 9.27. The number of allylic oxidation sites excluding steroid dienone is 1. The second-order valence-corrected chi connectivity index (χ2v) is 11.6. The first-order valence-electron chi connectivity index (χ1n) is 7.22. The van der Waals surface area contributed by atoms with Gasteiger partial charge >= 0.3 is 0 Å². The van der Waals surface area contributed by atoms with Gasteiger partial charge in [0.25, 0.3) is 0 Å².